The van der Waals surface area contributed by atoms with Gasteiger partial charge in [-0.1, -0.05) is 32.5 Å². The van der Waals surface area contributed by atoms with E-state index in [9.17, 15) is 0 Å². The molecule has 0 bridgehead atoms. The van der Waals surface area contributed by atoms with Gasteiger partial charge in [-0.2, -0.15) is 9.78 Å². The van der Waals surface area contributed by atoms with Gasteiger partial charge in [-0.05, 0) is 36.4 Å². The third-order valence-corrected chi connectivity index (χ3v) is 3.93. The summed E-state index contributed by atoms with van der Waals surface area (Å²) in [6, 6.07) is 5.77. The van der Waals surface area contributed by atoms with Crippen LogP contribution in [-0.2, 0) is 0 Å². The first-order valence-electron chi connectivity index (χ1n) is 7.95. The first kappa shape index (κ1) is 18.3. The van der Waals surface area contributed by atoms with E-state index in [1.54, 1.807) is 18.0 Å². The zero-order valence-corrected chi connectivity index (χ0v) is 15.6. The van der Waals surface area contributed by atoms with Crippen LogP contribution in [-0.4, -0.2) is 41.1 Å². The van der Waals surface area contributed by atoms with Crippen molar-refractivity contribution in [3.63, 3.8) is 0 Å². The summed E-state index contributed by atoms with van der Waals surface area (Å²) in [5.74, 6) is 2.53. The van der Waals surface area contributed by atoms with Crippen molar-refractivity contribution >= 4 is 18.0 Å². The number of aromatic nitrogens is 3. The number of rotatable bonds is 8. The van der Waals surface area contributed by atoms with Gasteiger partial charge in [0.15, 0.2) is 17.3 Å². The molecule has 6 nitrogen and oxygen atoms in total. The molecule has 0 aliphatic carbocycles. The summed E-state index contributed by atoms with van der Waals surface area (Å²) in [5, 5.41) is 13.7. The molecule has 0 aliphatic heterocycles. The van der Waals surface area contributed by atoms with Gasteiger partial charge >= 0.3 is 0 Å². The molecule has 2 rings (SSSR count). The number of hydrogen-bond donors (Lipinski definition) is 0. The first-order valence-corrected chi connectivity index (χ1v) is 9.17. The lowest BCUT2D eigenvalue weighted by Gasteiger charge is -2.10. The molecule has 0 radical (unpaired) electrons. The molecule has 0 amide bonds. The van der Waals surface area contributed by atoms with Crippen molar-refractivity contribution in [1.82, 2.24) is 14.9 Å². The molecule has 0 unspecified atom stereocenters. The molecule has 0 N–H and O–H groups in total. The van der Waals surface area contributed by atoms with Gasteiger partial charge in [0.25, 0.3) is 0 Å². The van der Waals surface area contributed by atoms with Gasteiger partial charge < -0.3 is 9.47 Å². The van der Waals surface area contributed by atoms with Gasteiger partial charge in [0, 0.05) is 5.92 Å². The van der Waals surface area contributed by atoms with Gasteiger partial charge in [0.05, 0.1) is 19.9 Å². The van der Waals surface area contributed by atoms with Gasteiger partial charge in [0.1, 0.15) is 0 Å². The Morgan fingerprint density at radius 2 is 2.08 bits per heavy atom. The zero-order chi connectivity index (χ0) is 17.5. The molecule has 0 saturated heterocycles. The molecule has 24 heavy (non-hydrogen) atoms. The molecule has 7 heteroatoms. The third-order valence-electron chi connectivity index (χ3n) is 3.31. The van der Waals surface area contributed by atoms with Crippen molar-refractivity contribution in [2.24, 2.45) is 5.10 Å². The minimum absolute atomic E-state index is 0.245. The molecule has 0 saturated carbocycles. The predicted molar refractivity (Wildman–Crippen MR) is 97.7 cm³/mol. The topological polar surface area (TPSA) is 61.5 Å². The van der Waals surface area contributed by atoms with Crippen LogP contribution in [0.1, 0.15) is 44.5 Å². The number of methoxy groups -OCH3 is 1. The number of ether oxygens (including phenoxy) is 2. The molecule has 0 atom stereocenters. The highest BCUT2D eigenvalue weighted by atomic mass is 32.2. The van der Waals surface area contributed by atoms with E-state index < -0.39 is 0 Å². The predicted octanol–water partition coefficient (Wildman–Crippen LogP) is 3.80. The average Bonchev–Trinajstić information content (AvgIpc) is 3.01. The van der Waals surface area contributed by atoms with Crippen molar-refractivity contribution in [3.05, 3.63) is 29.6 Å². The highest BCUT2D eigenvalue weighted by Crippen LogP contribution is 2.28. The molecule has 1 heterocycles. The summed E-state index contributed by atoms with van der Waals surface area (Å²) in [7, 11) is 1.64. The van der Waals surface area contributed by atoms with Crippen LogP contribution in [0.4, 0.5) is 0 Å². The molecule has 0 aliphatic rings. The maximum absolute atomic E-state index is 5.67. The van der Waals surface area contributed by atoms with Crippen molar-refractivity contribution in [1.29, 1.82) is 0 Å². The van der Waals surface area contributed by atoms with Crippen LogP contribution in [0.15, 0.2) is 28.5 Å². The highest BCUT2D eigenvalue weighted by molar-refractivity contribution is 7.98. The lowest BCUT2D eigenvalue weighted by Crippen LogP contribution is -2.02. The van der Waals surface area contributed by atoms with Crippen LogP contribution in [0.3, 0.4) is 0 Å². The summed E-state index contributed by atoms with van der Waals surface area (Å²) in [5.41, 5.74) is 0.922. The zero-order valence-electron chi connectivity index (χ0n) is 14.8. The average molecular weight is 348 g/mol. The van der Waals surface area contributed by atoms with Gasteiger partial charge in [0.2, 0.25) is 5.16 Å². The van der Waals surface area contributed by atoms with E-state index >= 15 is 0 Å². The Morgan fingerprint density at radius 3 is 2.71 bits per heavy atom. The fraction of sp³-hybridized carbons (Fsp3) is 0.471. The normalized spacial score (nSPS) is 11.4. The van der Waals surface area contributed by atoms with E-state index in [1.165, 1.54) is 11.8 Å². The smallest absolute Gasteiger partial charge is 0.211 e. The van der Waals surface area contributed by atoms with Crippen molar-refractivity contribution in [3.8, 4) is 11.5 Å². The van der Waals surface area contributed by atoms with E-state index in [1.807, 2.05) is 24.5 Å². The Labute approximate surface area is 147 Å². The van der Waals surface area contributed by atoms with E-state index in [0.29, 0.717) is 12.4 Å². The number of nitrogens with zero attached hydrogens (tertiary/aromatic N) is 4. The summed E-state index contributed by atoms with van der Waals surface area (Å²) >= 11 is 1.52. The number of thioether (sulfide) groups is 1. The van der Waals surface area contributed by atoms with E-state index in [4.69, 9.17) is 9.47 Å². The number of benzene rings is 1. The second-order valence-electron chi connectivity index (χ2n) is 5.51. The largest absolute Gasteiger partial charge is 0.493 e. The SMILES string of the molecule is CCCOc1ccc(/C=N\n2c(SC)nnc2C(C)C)cc1OC. The second-order valence-corrected chi connectivity index (χ2v) is 6.29. The Morgan fingerprint density at radius 1 is 1.29 bits per heavy atom. The standard InChI is InChI=1S/C17H24N4O2S/c1-6-9-23-14-8-7-13(10-15(14)22-4)11-18-21-16(12(2)3)19-20-17(21)24-5/h7-8,10-12H,6,9H2,1-5H3/b18-11-. The fourth-order valence-corrected chi connectivity index (χ4v) is 2.53. The molecule has 0 fully saturated rings. The second kappa shape index (κ2) is 8.73. The molecular formula is C17H24N4O2S. The third kappa shape index (κ3) is 4.29. The maximum atomic E-state index is 5.67. The van der Waals surface area contributed by atoms with Crippen LogP contribution in [0.5, 0.6) is 11.5 Å². The van der Waals surface area contributed by atoms with Crippen molar-refractivity contribution < 1.29 is 9.47 Å². The lowest BCUT2D eigenvalue weighted by molar-refractivity contribution is 0.294. The monoisotopic (exact) mass is 348 g/mol. The minimum Gasteiger partial charge on any atom is -0.493 e. The molecule has 0 spiro atoms. The highest BCUT2D eigenvalue weighted by Gasteiger charge is 2.13. The Hall–Kier alpha value is -2.02. The Kier molecular flexibility index (Phi) is 6.66. The van der Waals surface area contributed by atoms with Crippen LogP contribution in [0, 0.1) is 0 Å². The number of hydrogen-bond acceptors (Lipinski definition) is 6. The molecular weight excluding hydrogens is 324 g/mol. The molecule has 1 aromatic heterocycles. The van der Waals surface area contributed by atoms with E-state index in [0.717, 1.165) is 28.7 Å². The quantitative estimate of drug-likeness (QED) is 0.536. The van der Waals surface area contributed by atoms with Gasteiger partial charge in [-0.25, -0.2) is 0 Å². The molecule has 1 aromatic carbocycles. The molecule has 2 aromatic rings. The summed E-state index contributed by atoms with van der Waals surface area (Å²) in [4.78, 5) is 0. The Bertz CT molecular complexity index is 698. The van der Waals surface area contributed by atoms with Gasteiger partial charge in [-0.15, -0.1) is 10.2 Å². The summed E-state index contributed by atoms with van der Waals surface area (Å²) in [6.07, 6.45) is 4.69. The van der Waals surface area contributed by atoms with Crippen LogP contribution < -0.4 is 9.47 Å². The summed E-state index contributed by atoms with van der Waals surface area (Å²) in [6.45, 7) is 6.88. The first-order chi connectivity index (χ1) is 11.6. The van der Waals surface area contributed by atoms with E-state index in [-0.39, 0.29) is 5.92 Å². The lowest BCUT2D eigenvalue weighted by atomic mass is 10.2. The van der Waals surface area contributed by atoms with Crippen LogP contribution in [0.2, 0.25) is 0 Å². The van der Waals surface area contributed by atoms with Crippen molar-refractivity contribution in [2.75, 3.05) is 20.0 Å². The van der Waals surface area contributed by atoms with Crippen LogP contribution >= 0.6 is 11.8 Å². The molecule has 130 valence electrons. The summed E-state index contributed by atoms with van der Waals surface area (Å²) < 4.78 is 12.9. The van der Waals surface area contributed by atoms with E-state index in [2.05, 4.69) is 36.1 Å². The Balaban J connectivity index is 2.28. The van der Waals surface area contributed by atoms with Crippen LogP contribution in [0.25, 0.3) is 0 Å². The van der Waals surface area contributed by atoms with Gasteiger partial charge in [-0.3, -0.25) is 0 Å². The maximum Gasteiger partial charge on any atom is 0.211 e. The fourth-order valence-electron chi connectivity index (χ4n) is 2.09. The minimum atomic E-state index is 0.245. The van der Waals surface area contributed by atoms with Crippen molar-refractivity contribution in [2.45, 2.75) is 38.3 Å².